The second-order valence-electron chi connectivity index (χ2n) is 5.48. The summed E-state index contributed by atoms with van der Waals surface area (Å²) in [5.41, 5.74) is 2.26. The van der Waals surface area contributed by atoms with E-state index in [1.165, 1.54) is 10.5 Å². The molecule has 0 aromatic heterocycles. The Kier molecular flexibility index (Phi) is 3.48. The maximum atomic E-state index is 12.4. The van der Waals surface area contributed by atoms with Gasteiger partial charge in [0.2, 0.25) is 5.91 Å². The van der Waals surface area contributed by atoms with Crippen LogP contribution in [-0.2, 0) is 4.79 Å². The summed E-state index contributed by atoms with van der Waals surface area (Å²) in [4.78, 5) is 13.6. The van der Waals surface area contributed by atoms with Crippen molar-refractivity contribution in [2.75, 3.05) is 0 Å². The summed E-state index contributed by atoms with van der Waals surface area (Å²) in [7, 11) is 0. The molecule has 2 aromatic carbocycles. The van der Waals surface area contributed by atoms with Crippen LogP contribution in [0.5, 0.6) is 0 Å². The average molecular weight is 308 g/mol. The van der Waals surface area contributed by atoms with Gasteiger partial charge in [-0.05, 0) is 11.1 Å². The average Bonchev–Trinajstić information content (AvgIpc) is 3.01. The lowest BCUT2D eigenvalue weighted by Gasteiger charge is -2.33. The van der Waals surface area contributed by atoms with Gasteiger partial charge in [0.05, 0.1) is 11.3 Å². The third-order valence-electron chi connectivity index (χ3n) is 4.02. The molecule has 0 radical (unpaired) electrons. The minimum Gasteiger partial charge on any atom is -0.336 e. The maximum absolute atomic E-state index is 12.4. The fraction of sp³-hybridized carbons (Fsp3) is 0.167. The molecule has 1 fully saturated rings. The van der Waals surface area contributed by atoms with Gasteiger partial charge in [0, 0.05) is 4.91 Å². The zero-order valence-corrected chi connectivity index (χ0v) is 12.7. The van der Waals surface area contributed by atoms with Crippen molar-refractivity contribution in [1.29, 1.82) is 0 Å². The van der Waals surface area contributed by atoms with Crippen molar-refractivity contribution in [1.82, 2.24) is 10.6 Å². The summed E-state index contributed by atoms with van der Waals surface area (Å²) in [6.45, 7) is 0. The van der Waals surface area contributed by atoms with Crippen LogP contribution in [0.2, 0.25) is 0 Å². The van der Waals surface area contributed by atoms with Crippen molar-refractivity contribution in [3.63, 3.8) is 0 Å². The number of carbonyl (C=O) groups excluding carboxylic acids is 1. The number of nitrogens with one attached hydrogen (secondary N) is 2. The lowest BCUT2D eigenvalue weighted by atomic mass is 10.0. The Morgan fingerprint density at radius 3 is 2.32 bits per heavy atom. The second-order valence-corrected chi connectivity index (χ2v) is 6.66. The number of fused-ring (bicyclic) bond motifs is 1. The molecule has 110 valence electrons. The van der Waals surface area contributed by atoms with Crippen LogP contribution in [0.25, 0.3) is 4.91 Å². The van der Waals surface area contributed by atoms with E-state index in [4.69, 9.17) is 0 Å². The summed E-state index contributed by atoms with van der Waals surface area (Å²) in [5.74, 6) is -0.0174. The lowest BCUT2D eigenvalue weighted by Crippen LogP contribution is -2.53. The van der Waals surface area contributed by atoms with Crippen LogP contribution in [0.15, 0.2) is 66.7 Å². The fourth-order valence-corrected chi connectivity index (χ4v) is 4.21. The number of benzene rings is 2. The summed E-state index contributed by atoms with van der Waals surface area (Å²) < 4.78 is 0. The predicted octanol–water partition coefficient (Wildman–Crippen LogP) is 3.13. The van der Waals surface area contributed by atoms with Gasteiger partial charge in [-0.25, -0.2) is 0 Å². The third kappa shape index (κ3) is 2.45. The highest BCUT2D eigenvalue weighted by Crippen LogP contribution is 2.43. The van der Waals surface area contributed by atoms with E-state index in [-0.39, 0.29) is 23.4 Å². The predicted molar refractivity (Wildman–Crippen MR) is 89.7 cm³/mol. The Morgan fingerprint density at radius 1 is 0.909 bits per heavy atom. The molecule has 2 aliphatic heterocycles. The zero-order valence-electron chi connectivity index (χ0n) is 11.9. The first-order valence-corrected chi connectivity index (χ1v) is 8.24. The van der Waals surface area contributed by atoms with E-state index in [9.17, 15) is 4.79 Å². The first-order valence-electron chi connectivity index (χ1n) is 7.36. The third-order valence-corrected chi connectivity index (χ3v) is 5.33. The standard InChI is InChI=1S/C18H16N2OS/c21-17-14-11-15(12-7-3-1-4-8-12)22-18(14)20-16(19-17)13-9-5-2-6-10-13/h1-11,14,16,18,20H,(H,19,21). The second kappa shape index (κ2) is 5.63. The summed E-state index contributed by atoms with van der Waals surface area (Å²) in [6, 6.07) is 20.3. The molecule has 3 atom stereocenters. The molecule has 4 heteroatoms. The first-order chi connectivity index (χ1) is 10.8. The first kappa shape index (κ1) is 13.6. The molecule has 2 N–H and O–H groups in total. The molecule has 0 bridgehead atoms. The molecule has 0 aliphatic carbocycles. The van der Waals surface area contributed by atoms with Crippen LogP contribution < -0.4 is 10.6 Å². The molecule has 3 unspecified atom stereocenters. The van der Waals surface area contributed by atoms with E-state index < -0.39 is 0 Å². The Morgan fingerprint density at radius 2 is 1.59 bits per heavy atom. The van der Waals surface area contributed by atoms with E-state index in [2.05, 4.69) is 28.8 Å². The highest BCUT2D eigenvalue weighted by Gasteiger charge is 2.40. The number of carbonyl (C=O) groups is 1. The number of amides is 1. The van der Waals surface area contributed by atoms with Crippen LogP contribution in [-0.4, -0.2) is 11.3 Å². The lowest BCUT2D eigenvalue weighted by molar-refractivity contribution is -0.126. The Balaban J connectivity index is 1.57. The Bertz CT molecular complexity index is 714. The minimum absolute atomic E-state index is 0.0918. The van der Waals surface area contributed by atoms with Gasteiger partial charge in [0.15, 0.2) is 0 Å². The largest absolute Gasteiger partial charge is 0.336 e. The Labute approximate surface area is 133 Å². The van der Waals surface area contributed by atoms with Crippen LogP contribution in [0.3, 0.4) is 0 Å². The molecule has 4 rings (SSSR count). The van der Waals surface area contributed by atoms with Crippen molar-refractivity contribution in [3.8, 4) is 0 Å². The van der Waals surface area contributed by atoms with Crippen LogP contribution >= 0.6 is 11.8 Å². The molecule has 2 heterocycles. The summed E-state index contributed by atoms with van der Waals surface area (Å²) >= 11 is 1.74. The summed E-state index contributed by atoms with van der Waals surface area (Å²) in [6.07, 6.45) is 1.96. The van der Waals surface area contributed by atoms with Gasteiger partial charge in [0.1, 0.15) is 6.17 Å². The molecular weight excluding hydrogens is 292 g/mol. The Hall–Kier alpha value is -2.04. The van der Waals surface area contributed by atoms with Gasteiger partial charge >= 0.3 is 0 Å². The number of hydrogen-bond acceptors (Lipinski definition) is 3. The summed E-state index contributed by atoms with van der Waals surface area (Å²) in [5, 5.41) is 6.70. The van der Waals surface area contributed by atoms with Gasteiger partial charge in [-0.2, -0.15) is 0 Å². The molecule has 3 nitrogen and oxygen atoms in total. The van der Waals surface area contributed by atoms with Gasteiger partial charge in [-0.1, -0.05) is 66.7 Å². The SMILES string of the molecule is O=C1NC(c2ccccc2)NC2SC(c3ccccc3)=CC12. The number of hydrogen-bond donors (Lipinski definition) is 2. The fourth-order valence-electron chi connectivity index (χ4n) is 2.89. The van der Waals surface area contributed by atoms with Gasteiger partial charge in [0.25, 0.3) is 0 Å². The molecule has 22 heavy (non-hydrogen) atoms. The van der Waals surface area contributed by atoms with E-state index in [1.54, 1.807) is 11.8 Å². The van der Waals surface area contributed by atoms with Crippen LogP contribution in [0.1, 0.15) is 17.3 Å². The zero-order chi connectivity index (χ0) is 14.9. The van der Waals surface area contributed by atoms with Crippen molar-refractivity contribution in [3.05, 3.63) is 77.9 Å². The van der Waals surface area contributed by atoms with Crippen LogP contribution in [0, 0.1) is 5.92 Å². The molecule has 1 saturated heterocycles. The van der Waals surface area contributed by atoms with E-state index in [0.29, 0.717) is 0 Å². The number of rotatable bonds is 2. The monoisotopic (exact) mass is 308 g/mol. The normalized spacial score (nSPS) is 27.0. The molecule has 2 aliphatic rings. The van der Waals surface area contributed by atoms with Crippen molar-refractivity contribution in [2.45, 2.75) is 11.5 Å². The quantitative estimate of drug-likeness (QED) is 0.895. The molecule has 0 saturated carbocycles. The van der Waals surface area contributed by atoms with E-state index in [0.717, 1.165) is 5.56 Å². The van der Waals surface area contributed by atoms with Crippen molar-refractivity contribution < 1.29 is 4.79 Å². The van der Waals surface area contributed by atoms with Crippen LogP contribution in [0.4, 0.5) is 0 Å². The molecule has 1 amide bonds. The maximum Gasteiger partial charge on any atom is 0.230 e. The van der Waals surface area contributed by atoms with Gasteiger partial charge in [-0.15, -0.1) is 11.8 Å². The van der Waals surface area contributed by atoms with Crippen molar-refractivity contribution >= 4 is 22.6 Å². The smallest absolute Gasteiger partial charge is 0.230 e. The van der Waals surface area contributed by atoms with Crippen molar-refractivity contribution in [2.24, 2.45) is 5.92 Å². The molecule has 2 aromatic rings. The topological polar surface area (TPSA) is 41.1 Å². The number of thioether (sulfide) groups is 1. The molecule has 0 spiro atoms. The van der Waals surface area contributed by atoms with Gasteiger partial charge in [-0.3, -0.25) is 10.1 Å². The minimum atomic E-state index is -0.119. The highest BCUT2D eigenvalue weighted by atomic mass is 32.2. The molecular formula is C18H16N2OS. The van der Waals surface area contributed by atoms with E-state index >= 15 is 0 Å². The highest BCUT2D eigenvalue weighted by molar-refractivity contribution is 8.09. The van der Waals surface area contributed by atoms with Gasteiger partial charge < -0.3 is 5.32 Å². The van der Waals surface area contributed by atoms with E-state index in [1.807, 2.05) is 48.5 Å².